The molecule has 0 spiro atoms. The fourth-order valence-electron chi connectivity index (χ4n) is 3.38. The molecule has 0 bridgehead atoms. The molecular weight excluding hydrogens is 480 g/mol. The van der Waals surface area contributed by atoms with Crippen LogP contribution in [0.15, 0.2) is 52.3 Å². The Hall–Kier alpha value is -2.51. The minimum absolute atomic E-state index is 0.137. The summed E-state index contributed by atoms with van der Waals surface area (Å²) in [6.45, 7) is 3.65. The maximum Gasteiger partial charge on any atom is 0.262 e. The van der Waals surface area contributed by atoms with Crippen molar-refractivity contribution >= 4 is 31.6 Å². The number of likely N-dealkylation sites (N-methyl/N-ethyl adjacent to an activating group) is 1. The van der Waals surface area contributed by atoms with Crippen molar-refractivity contribution in [1.82, 2.24) is 13.5 Å². The molecule has 2 aromatic rings. The van der Waals surface area contributed by atoms with E-state index in [1.807, 2.05) is 7.05 Å². The summed E-state index contributed by atoms with van der Waals surface area (Å²) < 4.78 is 58.2. The Bertz CT molecular complexity index is 1240. The van der Waals surface area contributed by atoms with Gasteiger partial charge in [0, 0.05) is 46.0 Å². The molecule has 12 heteroatoms. The van der Waals surface area contributed by atoms with Crippen LogP contribution in [0.2, 0.25) is 0 Å². The normalized spacial score (nSPS) is 15.9. The highest BCUT2D eigenvalue weighted by Gasteiger charge is 2.27. The van der Waals surface area contributed by atoms with Crippen LogP contribution in [0, 0.1) is 6.92 Å². The van der Waals surface area contributed by atoms with Crippen LogP contribution in [0.3, 0.4) is 0 Å². The molecule has 0 aliphatic carbocycles. The fourth-order valence-corrected chi connectivity index (χ4v) is 5.79. The molecule has 1 amide bonds. The highest BCUT2D eigenvalue weighted by molar-refractivity contribution is 7.89. The Kier molecular flexibility index (Phi) is 7.98. The number of nitrogens with zero attached hydrogens (tertiary/aromatic N) is 3. The lowest BCUT2D eigenvalue weighted by molar-refractivity contribution is -0.118. The number of carbonyl (C=O) groups is 1. The molecule has 186 valence electrons. The van der Waals surface area contributed by atoms with E-state index in [-0.39, 0.29) is 16.4 Å². The van der Waals surface area contributed by atoms with E-state index in [4.69, 9.17) is 4.74 Å². The second-order valence-corrected chi connectivity index (χ2v) is 12.4. The molecule has 1 saturated heterocycles. The zero-order chi connectivity index (χ0) is 25.1. The summed E-state index contributed by atoms with van der Waals surface area (Å²) in [5, 5.41) is 2.66. The van der Waals surface area contributed by atoms with E-state index in [9.17, 15) is 21.6 Å². The van der Waals surface area contributed by atoms with E-state index < -0.39 is 26.0 Å². The molecule has 1 heterocycles. The number of sulfonamides is 2. The number of amides is 1. The first kappa shape index (κ1) is 26.1. The van der Waals surface area contributed by atoms with Gasteiger partial charge in [0.15, 0.2) is 6.61 Å². The minimum Gasteiger partial charge on any atom is -0.483 e. The van der Waals surface area contributed by atoms with E-state index in [0.29, 0.717) is 43.2 Å². The lowest BCUT2D eigenvalue weighted by Gasteiger charge is -2.31. The highest BCUT2D eigenvalue weighted by Crippen LogP contribution is 2.24. The van der Waals surface area contributed by atoms with Gasteiger partial charge in [-0.1, -0.05) is 0 Å². The van der Waals surface area contributed by atoms with Crippen molar-refractivity contribution in [1.29, 1.82) is 0 Å². The molecule has 34 heavy (non-hydrogen) atoms. The smallest absolute Gasteiger partial charge is 0.262 e. The van der Waals surface area contributed by atoms with Gasteiger partial charge in [0.05, 0.1) is 9.79 Å². The molecule has 3 rings (SSSR count). The number of anilines is 1. The van der Waals surface area contributed by atoms with Crippen molar-refractivity contribution < 1.29 is 26.4 Å². The monoisotopic (exact) mass is 510 g/mol. The molecule has 10 nitrogen and oxygen atoms in total. The number of piperazine rings is 1. The van der Waals surface area contributed by atoms with Crippen LogP contribution in [0.5, 0.6) is 5.75 Å². The second-order valence-electron chi connectivity index (χ2n) is 8.28. The predicted molar refractivity (Wildman–Crippen MR) is 129 cm³/mol. The molecule has 1 N–H and O–H groups in total. The van der Waals surface area contributed by atoms with Crippen molar-refractivity contribution in [2.75, 3.05) is 59.2 Å². The van der Waals surface area contributed by atoms with Gasteiger partial charge in [-0.3, -0.25) is 4.79 Å². The van der Waals surface area contributed by atoms with Gasteiger partial charge < -0.3 is 15.0 Å². The van der Waals surface area contributed by atoms with Gasteiger partial charge in [-0.05, 0) is 62.0 Å². The summed E-state index contributed by atoms with van der Waals surface area (Å²) >= 11 is 0. The number of hydrogen-bond donors (Lipinski definition) is 1. The SMILES string of the molecule is Cc1cc(S(=O)(=O)N(C)C)ccc1OCC(=O)Nc1ccc(S(=O)(=O)N2CCN(C)CC2)cc1. The largest absolute Gasteiger partial charge is 0.483 e. The van der Waals surface area contributed by atoms with Gasteiger partial charge >= 0.3 is 0 Å². The average molecular weight is 511 g/mol. The Morgan fingerprint density at radius 1 is 0.971 bits per heavy atom. The number of hydrogen-bond acceptors (Lipinski definition) is 7. The molecule has 0 aromatic heterocycles. The summed E-state index contributed by atoms with van der Waals surface area (Å²) in [7, 11) is -2.28. The van der Waals surface area contributed by atoms with Crippen molar-refractivity contribution in [3.63, 3.8) is 0 Å². The third-order valence-electron chi connectivity index (χ3n) is 5.52. The zero-order valence-electron chi connectivity index (χ0n) is 19.7. The van der Waals surface area contributed by atoms with E-state index in [2.05, 4.69) is 10.2 Å². The zero-order valence-corrected chi connectivity index (χ0v) is 21.3. The molecule has 2 aromatic carbocycles. The van der Waals surface area contributed by atoms with Crippen molar-refractivity contribution in [3.05, 3.63) is 48.0 Å². The predicted octanol–water partition coefficient (Wildman–Crippen LogP) is 1.20. The summed E-state index contributed by atoms with van der Waals surface area (Å²) in [5.41, 5.74) is 1.02. The molecule has 0 atom stereocenters. The van der Waals surface area contributed by atoms with Gasteiger partial charge in [0.2, 0.25) is 20.0 Å². The van der Waals surface area contributed by atoms with Gasteiger partial charge in [-0.25, -0.2) is 21.1 Å². The maximum absolute atomic E-state index is 12.8. The lowest BCUT2D eigenvalue weighted by atomic mass is 10.2. The van der Waals surface area contributed by atoms with Gasteiger partial charge in [0.1, 0.15) is 5.75 Å². The van der Waals surface area contributed by atoms with Crippen LogP contribution in [0.1, 0.15) is 5.56 Å². The van der Waals surface area contributed by atoms with E-state index in [0.717, 1.165) is 4.31 Å². The van der Waals surface area contributed by atoms with Gasteiger partial charge in [-0.15, -0.1) is 0 Å². The number of aryl methyl sites for hydroxylation is 1. The quantitative estimate of drug-likeness (QED) is 0.567. The van der Waals surface area contributed by atoms with E-state index in [1.165, 1.54) is 60.9 Å². The molecule has 1 fully saturated rings. The van der Waals surface area contributed by atoms with Crippen LogP contribution < -0.4 is 10.1 Å². The Morgan fingerprint density at radius 3 is 2.12 bits per heavy atom. The highest BCUT2D eigenvalue weighted by atomic mass is 32.2. The minimum atomic E-state index is -3.58. The van der Waals surface area contributed by atoms with Crippen molar-refractivity contribution in [2.45, 2.75) is 16.7 Å². The number of nitrogens with one attached hydrogen (secondary N) is 1. The average Bonchev–Trinajstić information content (AvgIpc) is 2.78. The first-order valence-corrected chi connectivity index (χ1v) is 13.5. The van der Waals surface area contributed by atoms with Gasteiger partial charge in [0.25, 0.3) is 5.91 Å². The van der Waals surface area contributed by atoms with Crippen molar-refractivity contribution in [3.8, 4) is 5.75 Å². The maximum atomic E-state index is 12.8. The van der Waals surface area contributed by atoms with Crippen LogP contribution in [0.4, 0.5) is 5.69 Å². The second kappa shape index (κ2) is 10.4. The summed E-state index contributed by atoms with van der Waals surface area (Å²) in [6.07, 6.45) is 0. The number of benzene rings is 2. The van der Waals surface area contributed by atoms with Crippen LogP contribution in [-0.4, -0.2) is 90.2 Å². The molecule has 1 aliphatic rings. The number of rotatable bonds is 8. The first-order valence-electron chi connectivity index (χ1n) is 10.7. The standard InChI is InChI=1S/C22H30N4O6S2/c1-17-15-20(33(28,29)24(2)3)9-10-21(17)32-16-22(27)23-18-5-7-19(8-6-18)34(30,31)26-13-11-25(4)12-14-26/h5-10,15H,11-14,16H2,1-4H3,(H,23,27). The summed E-state index contributed by atoms with van der Waals surface area (Å²) in [6, 6.07) is 10.4. The molecule has 0 saturated carbocycles. The summed E-state index contributed by atoms with van der Waals surface area (Å²) in [5.74, 6) is -0.0412. The Labute approximate surface area is 201 Å². The third-order valence-corrected chi connectivity index (χ3v) is 9.25. The Balaban J connectivity index is 1.58. The molecule has 0 unspecified atom stereocenters. The Morgan fingerprint density at radius 2 is 1.56 bits per heavy atom. The van der Waals surface area contributed by atoms with Crippen LogP contribution in [0.25, 0.3) is 0 Å². The fraction of sp³-hybridized carbons (Fsp3) is 0.409. The first-order chi connectivity index (χ1) is 15.9. The van der Waals surface area contributed by atoms with Gasteiger partial charge in [-0.2, -0.15) is 4.31 Å². The van der Waals surface area contributed by atoms with Crippen molar-refractivity contribution in [2.24, 2.45) is 0 Å². The lowest BCUT2D eigenvalue weighted by Crippen LogP contribution is -2.46. The van der Waals surface area contributed by atoms with Crippen LogP contribution in [-0.2, 0) is 24.8 Å². The van der Waals surface area contributed by atoms with Crippen LogP contribution >= 0.6 is 0 Å². The third kappa shape index (κ3) is 5.94. The number of carbonyl (C=O) groups excluding carboxylic acids is 1. The van der Waals surface area contributed by atoms with E-state index in [1.54, 1.807) is 6.92 Å². The van der Waals surface area contributed by atoms with E-state index >= 15 is 0 Å². The summed E-state index contributed by atoms with van der Waals surface area (Å²) in [4.78, 5) is 14.7. The number of ether oxygens (including phenoxy) is 1. The molecule has 0 radical (unpaired) electrons. The molecule has 1 aliphatic heterocycles. The topological polar surface area (TPSA) is 116 Å². The molecular formula is C22H30N4O6S2.